The largest absolute Gasteiger partial charge is 0.465 e. The van der Waals surface area contributed by atoms with Gasteiger partial charge in [0.1, 0.15) is 23.6 Å². The van der Waals surface area contributed by atoms with Gasteiger partial charge >= 0.3 is 5.97 Å². The summed E-state index contributed by atoms with van der Waals surface area (Å²) < 4.78 is 10.3. The molecule has 0 saturated heterocycles. The van der Waals surface area contributed by atoms with Gasteiger partial charge < -0.3 is 24.3 Å². The fraction of sp³-hybridized carbons (Fsp3) is 0.611. The van der Waals surface area contributed by atoms with Crippen molar-refractivity contribution in [2.45, 2.75) is 34.2 Å². The SMILES string of the molecule is CCNC(=NCc1cc(C(=O)OC)c(C)o1)N(C)CC(=O)N(CC)CC. The number of carbonyl (C=O) groups is 2. The summed E-state index contributed by atoms with van der Waals surface area (Å²) in [5.74, 6) is 1.26. The van der Waals surface area contributed by atoms with Crippen LogP contribution in [0.1, 0.15) is 42.6 Å². The van der Waals surface area contributed by atoms with E-state index in [9.17, 15) is 9.59 Å². The van der Waals surface area contributed by atoms with Gasteiger partial charge in [0.2, 0.25) is 5.91 Å². The summed E-state index contributed by atoms with van der Waals surface area (Å²) in [5.41, 5.74) is 0.396. The number of guanidine groups is 1. The molecular weight excluding hydrogens is 336 g/mol. The predicted octanol–water partition coefficient (Wildman–Crippen LogP) is 1.64. The van der Waals surface area contributed by atoms with Crippen LogP contribution < -0.4 is 5.32 Å². The first-order chi connectivity index (χ1) is 12.4. The van der Waals surface area contributed by atoms with E-state index >= 15 is 0 Å². The molecule has 0 spiro atoms. The molecule has 0 unspecified atom stereocenters. The number of ether oxygens (including phenoxy) is 1. The monoisotopic (exact) mass is 366 g/mol. The van der Waals surface area contributed by atoms with Gasteiger partial charge in [-0.2, -0.15) is 0 Å². The Morgan fingerprint density at radius 1 is 1.27 bits per heavy atom. The van der Waals surface area contributed by atoms with E-state index in [4.69, 9.17) is 9.15 Å². The number of esters is 1. The van der Waals surface area contributed by atoms with Crippen molar-refractivity contribution in [3.8, 4) is 0 Å². The minimum absolute atomic E-state index is 0.0462. The van der Waals surface area contributed by atoms with Crippen LogP contribution in [0.3, 0.4) is 0 Å². The lowest BCUT2D eigenvalue weighted by atomic mass is 10.2. The molecule has 26 heavy (non-hydrogen) atoms. The number of rotatable bonds is 8. The molecule has 1 amide bonds. The lowest BCUT2D eigenvalue weighted by molar-refractivity contribution is -0.131. The molecule has 0 aliphatic heterocycles. The van der Waals surface area contributed by atoms with Gasteiger partial charge in [0, 0.05) is 26.7 Å². The number of nitrogens with zero attached hydrogens (tertiary/aromatic N) is 3. The highest BCUT2D eigenvalue weighted by atomic mass is 16.5. The Bertz CT molecular complexity index is 635. The number of aliphatic imine (C=N–C) groups is 1. The molecule has 1 aromatic rings. The zero-order valence-electron chi connectivity index (χ0n) is 16.6. The predicted molar refractivity (Wildman–Crippen MR) is 100 cm³/mol. The molecule has 1 N–H and O–H groups in total. The second kappa shape index (κ2) is 10.5. The molecular formula is C18H30N4O4. The molecule has 0 aromatic carbocycles. The fourth-order valence-corrected chi connectivity index (χ4v) is 2.51. The molecule has 0 saturated carbocycles. The normalized spacial score (nSPS) is 11.2. The molecule has 0 fully saturated rings. The number of aryl methyl sites for hydroxylation is 1. The van der Waals surface area contributed by atoms with Crippen LogP contribution in [0.25, 0.3) is 0 Å². The van der Waals surface area contributed by atoms with Crippen molar-refractivity contribution in [2.24, 2.45) is 4.99 Å². The topological polar surface area (TPSA) is 87.4 Å². The lowest BCUT2D eigenvalue weighted by Gasteiger charge is -2.25. The van der Waals surface area contributed by atoms with Gasteiger partial charge in [-0.3, -0.25) is 4.79 Å². The molecule has 0 aliphatic carbocycles. The first-order valence-electron chi connectivity index (χ1n) is 8.82. The van der Waals surface area contributed by atoms with Crippen molar-refractivity contribution in [3.63, 3.8) is 0 Å². The third kappa shape index (κ3) is 5.79. The maximum atomic E-state index is 12.3. The van der Waals surface area contributed by atoms with Crippen LogP contribution in [0.5, 0.6) is 0 Å². The molecule has 8 nitrogen and oxygen atoms in total. The maximum absolute atomic E-state index is 12.3. The quantitative estimate of drug-likeness (QED) is 0.428. The van der Waals surface area contributed by atoms with E-state index < -0.39 is 5.97 Å². The number of nitrogens with one attached hydrogen (secondary N) is 1. The maximum Gasteiger partial charge on any atom is 0.341 e. The van der Waals surface area contributed by atoms with Gasteiger partial charge in [-0.25, -0.2) is 9.79 Å². The van der Waals surface area contributed by atoms with Crippen molar-refractivity contribution in [3.05, 3.63) is 23.2 Å². The standard InChI is InChI=1S/C18H30N4O4/c1-7-19-18(21(5)12-16(23)22(8-2)9-3)20-11-14-10-15(13(4)26-14)17(24)25-6/h10H,7-9,11-12H2,1-6H3,(H,19,20). The van der Waals surface area contributed by atoms with E-state index in [2.05, 4.69) is 10.3 Å². The van der Waals surface area contributed by atoms with Gasteiger partial charge in [-0.15, -0.1) is 0 Å². The number of methoxy groups -OCH3 is 1. The van der Waals surface area contributed by atoms with Crippen LogP contribution in [0.2, 0.25) is 0 Å². The molecule has 1 aromatic heterocycles. The van der Waals surface area contributed by atoms with Gasteiger partial charge in [0.25, 0.3) is 0 Å². The van der Waals surface area contributed by atoms with E-state index in [0.717, 1.165) is 0 Å². The van der Waals surface area contributed by atoms with Crippen molar-refractivity contribution in [1.29, 1.82) is 0 Å². The molecule has 8 heteroatoms. The summed E-state index contributed by atoms with van der Waals surface area (Å²) >= 11 is 0. The van der Waals surface area contributed by atoms with E-state index in [1.165, 1.54) is 7.11 Å². The first-order valence-corrected chi connectivity index (χ1v) is 8.82. The zero-order valence-corrected chi connectivity index (χ0v) is 16.6. The Hall–Kier alpha value is -2.51. The summed E-state index contributed by atoms with van der Waals surface area (Å²) in [6.07, 6.45) is 0. The van der Waals surface area contributed by atoms with Gasteiger partial charge in [0.05, 0.1) is 13.7 Å². The molecule has 0 aliphatic rings. The highest BCUT2D eigenvalue weighted by Crippen LogP contribution is 2.16. The number of carbonyl (C=O) groups excluding carboxylic acids is 2. The summed E-state index contributed by atoms with van der Waals surface area (Å²) in [4.78, 5) is 32.0. The Labute approximate surface area is 155 Å². The third-order valence-electron chi connectivity index (χ3n) is 3.94. The van der Waals surface area contributed by atoms with E-state index in [-0.39, 0.29) is 19.0 Å². The van der Waals surface area contributed by atoms with Gasteiger partial charge in [-0.1, -0.05) is 0 Å². The molecule has 1 rings (SSSR count). The molecule has 146 valence electrons. The zero-order chi connectivity index (χ0) is 19.7. The second-order valence-electron chi connectivity index (χ2n) is 5.77. The third-order valence-corrected chi connectivity index (χ3v) is 3.94. The van der Waals surface area contributed by atoms with Crippen LogP contribution in [0.15, 0.2) is 15.5 Å². The van der Waals surface area contributed by atoms with E-state index in [0.29, 0.717) is 42.7 Å². The van der Waals surface area contributed by atoms with Gasteiger partial charge in [-0.05, 0) is 33.8 Å². The number of likely N-dealkylation sites (N-methyl/N-ethyl adjacent to an activating group) is 2. The molecule has 0 bridgehead atoms. The summed E-state index contributed by atoms with van der Waals surface area (Å²) in [5, 5.41) is 3.16. The Kier molecular flexibility index (Phi) is 8.67. The number of furan rings is 1. The minimum atomic E-state index is -0.435. The Balaban J connectivity index is 2.85. The van der Waals surface area contributed by atoms with Crippen molar-refractivity contribution >= 4 is 17.8 Å². The first kappa shape index (κ1) is 21.5. The Morgan fingerprint density at radius 3 is 2.46 bits per heavy atom. The molecule has 0 radical (unpaired) electrons. The van der Waals surface area contributed by atoms with Crippen LogP contribution in [0, 0.1) is 6.92 Å². The number of amides is 1. The average Bonchev–Trinajstić information content (AvgIpc) is 2.99. The second-order valence-corrected chi connectivity index (χ2v) is 5.77. The smallest absolute Gasteiger partial charge is 0.341 e. The highest BCUT2D eigenvalue weighted by Gasteiger charge is 2.17. The molecule has 1 heterocycles. The summed E-state index contributed by atoms with van der Waals surface area (Å²) in [6, 6.07) is 1.63. The minimum Gasteiger partial charge on any atom is -0.465 e. The Morgan fingerprint density at radius 2 is 1.92 bits per heavy atom. The van der Waals surface area contributed by atoms with E-state index in [1.807, 2.05) is 27.8 Å². The van der Waals surface area contributed by atoms with Crippen LogP contribution in [-0.4, -0.2) is 68.0 Å². The number of hydrogen-bond donors (Lipinski definition) is 1. The van der Waals surface area contributed by atoms with Crippen molar-refractivity contribution in [1.82, 2.24) is 15.1 Å². The summed E-state index contributed by atoms with van der Waals surface area (Å²) in [7, 11) is 3.15. The van der Waals surface area contributed by atoms with Crippen molar-refractivity contribution < 1.29 is 18.7 Å². The average molecular weight is 366 g/mol. The lowest BCUT2D eigenvalue weighted by Crippen LogP contribution is -2.45. The van der Waals surface area contributed by atoms with Crippen molar-refractivity contribution in [2.75, 3.05) is 40.3 Å². The highest BCUT2D eigenvalue weighted by molar-refractivity contribution is 5.90. The number of hydrogen-bond acceptors (Lipinski definition) is 5. The van der Waals surface area contributed by atoms with Crippen LogP contribution in [0.4, 0.5) is 0 Å². The van der Waals surface area contributed by atoms with Gasteiger partial charge in [0.15, 0.2) is 5.96 Å². The fourth-order valence-electron chi connectivity index (χ4n) is 2.51. The molecule has 0 atom stereocenters. The van der Waals surface area contributed by atoms with Crippen LogP contribution >= 0.6 is 0 Å². The summed E-state index contributed by atoms with van der Waals surface area (Å²) in [6.45, 7) is 10.1. The van der Waals surface area contributed by atoms with E-state index in [1.54, 1.807) is 22.8 Å². The van der Waals surface area contributed by atoms with Crippen LogP contribution in [-0.2, 0) is 16.1 Å².